The first-order valence-electron chi connectivity index (χ1n) is 11.2. The summed E-state index contributed by atoms with van der Waals surface area (Å²) in [6.45, 7) is 10.8. The number of likely N-dealkylation sites (tertiary alicyclic amines) is 1. The standard InChI is InChI=1S/C23H29N7O2/c1-13(2)21-25-22(27-26-21)18-10-17-7-8-32-20-6-5-15(9-19(20)30(17)28-18)23(31)24-16-11-29(12-16)14(3)4/h5-6,9-10,13-14,16H,7-8,11-12H2,1-4H3,(H,24,31)(H,25,26,27). The number of H-pyrrole nitrogens is 1. The summed E-state index contributed by atoms with van der Waals surface area (Å²) in [6.07, 6.45) is 0.706. The molecule has 0 bridgehead atoms. The number of carbonyl (C=O) groups is 1. The quantitative estimate of drug-likeness (QED) is 0.639. The third-order valence-electron chi connectivity index (χ3n) is 6.10. The Morgan fingerprint density at radius 3 is 2.75 bits per heavy atom. The van der Waals surface area contributed by atoms with Crippen molar-refractivity contribution in [1.29, 1.82) is 0 Å². The summed E-state index contributed by atoms with van der Waals surface area (Å²) in [6, 6.07) is 8.20. The molecule has 1 saturated heterocycles. The lowest BCUT2D eigenvalue weighted by atomic mass is 10.1. The van der Waals surface area contributed by atoms with Crippen LogP contribution in [0.25, 0.3) is 17.2 Å². The highest BCUT2D eigenvalue weighted by Gasteiger charge is 2.30. The molecule has 9 nitrogen and oxygen atoms in total. The summed E-state index contributed by atoms with van der Waals surface area (Å²) in [5, 5.41) is 15.2. The predicted molar refractivity (Wildman–Crippen MR) is 120 cm³/mol. The first-order valence-corrected chi connectivity index (χ1v) is 11.2. The van der Waals surface area contributed by atoms with Gasteiger partial charge >= 0.3 is 0 Å². The van der Waals surface area contributed by atoms with Crippen LogP contribution in [0.2, 0.25) is 0 Å². The smallest absolute Gasteiger partial charge is 0.251 e. The van der Waals surface area contributed by atoms with Gasteiger partial charge in [0.15, 0.2) is 0 Å². The van der Waals surface area contributed by atoms with Gasteiger partial charge in [0, 0.05) is 42.7 Å². The maximum Gasteiger partial charge on any atom is 0.251 e. The monoisotopic (exact) mass is 435 g/mol. The number of rotatable bonds is 5. The van der Waals surface area contributed by atoms with E-state index in [2.05, 4.69) is 53.1 Å². The van der Waals surface area contributed by atoms with Crippen LogP contribution in [0.4, 0.5) is 0 Å². The van der Waals surface area contributed by atoms with E-state index in [0.717, 1.165) is 30.3 Å². The Hall–Kier alpha value is -3.20. The van der Waals surface area contributed by atoms with E-state index >= 15 is 0 Å². The number of hydrogen-bond donors (Lipinski definition) is 2. The van der Waals surface area contributed by atoms with Gasteiger partial charge in [-0.25, -0.2) is 9.67 Å². The van der Waals surface area contributed by atoms with E-state index in [-0.39, 0.29) is 17.9 Å². The van der Waals surface area contributed by atoms with Crippen LogP contribution in [-0.2, 0) is 6.42 Å². The minimum atomic E-state index is -0.0741. The number of ether oxygens (including phenoxy) is 1. The first kappa shape index (κ1) is 20.7. The molecule has 2 aliphatic rings. The molecule has 1 aromatic carbocycles. The molecule has 0 aliphatic carbocycles. The Kier molecular flexibility index (Phi) is 5.21. The number of hydrogen-bond acceptors (Lipinski definition) is 6. The van der Waals surface area contributed by atoms with Gasteiger partial charge in [-0.3, -0.25) is 14.8 Å². The number of nitrogens with zero attached hydrogens (tertiary/aromatic N) is 5. The maximum atomic E-state index is 12.9. The molecule has 5 rings (SSSR count). The maximum absolute atomic E-state index is 12.9. The number of amides is 1. The molecule has 0 radical (unpaired) electrons. The summed E-state index contributed by atoms with van der Waals surface area (Å²) in [4.78, 5) is 19.8. The lowest BCUT2D eigenvalue weighted by Gasteiger charge is -2.42. The molecular formula is C23H29N7O2. The average Bonchev–Trinajstić information content (AvgIpc) is 3.34. The van der Waals surface area contributed by atoms with Crippen LogP contribution in [0.5, 0.6) is 5.75 Å². The highest BCUT2D eigenvalue weighted by atomic mass is 16.5. The molecule has 9 heteroatoms. The number of benzene rings is 1. The number of fused-ring (bicyclic) bond motifs is 3. The van der Waals surface area contributed by atoms with Crippen molar-refractivity contribution in [3.63, 3.8) is 0 Å². The third-order valence-corrected chi connectivity index (χ3v) is 6.10. The second-order valence-electron chi connectivity index (χ2n) is 9.13. The Morgan fingerprint density at radius 1 is 1.22 bits per heavy atom. The van der Waals surface area contributed by atoms with Crippen LogP contribution in [0.15, 0.2) is 24.3 Å². The highest BCUT2D eigenvalue weighted by Crippen LogP contribution is 2.30. The molecule has 1 fully saturated rings. The first-order chi connectivity index (χ1) is 15.4. The molecule has 4 heterocycles. The molecule has 2 aliphatic heterocycles. The lowest BCUT2D eigenvalue weighted by Crippen LogP contribution is -2.61. The molecule has 0 saturated carbocycles. The molecule has 2 N–H and O–H groups in total. The minimum Gasteiger partial charge on any atom is -0.491 e. The fourth-order valence-corrected chi connectivity index (χ4v) is 4.07. The van der Waals surface area contributed by atoms with Gasteiger partial charge in [0.05, 0.1) is 12.6 Å². The van der Waals surface area contributed by atoms with Gasteiger partial charge in [-0.15, -0.1) is 0 Å². The summed E-state index contributed by atoms with van der Waals surface area (Å²) < 4.78 is 7.77. The minimum absolute atomic E-state index is 0.0741. The van der Waals surface area contributed by atoms with Crippen molar-refractivity contribution in [3.8, 4) is 23.0 Å². The van der Waals surface area contributed by atoms with Crippen molar-refractivity contribution in [2.75, 3.05) is 19.7 Å². The van der Waals surface area contributed by atoms with Crippen LogP contribution in [0, 0.1) is 0 Å². The molecule has 168 valence electrons. The predicted octanol–water partition coefficient (Wildman–Crippen LogP) is 2.54. The van der Waals surface area contributed by atoms with E-state index in [9.17, 15) is 4.79 Å². The zero-order valence-electron chi connectivity index (χ0n) is 18.9. The number of nitrogens with one attached hydrogen (secondary N) is 2. The van der Waals surface area contributed by atoms with Crippen molar-refractivity contribution in [3.05, 3.63) is 41.3 Å². The van der Waals surface area contributed by atoms with E-state index in [1.54, 1.807) is 0 Å². The van der Waals surface area contributed by atoms with Crippen LogP contribution in [-0.4, -0.2) is 67.5 Å². The van der Waals surface area contributed by atoms with Gasteiger partial charge in [0.1, 0.15) is 23.0 Å². The summed E-state index contributed by atoms with van der Waals surface area (Å²) in [5.74, 6) is 2.30. The molecule has 0 atom stereocenters. The zero-order valence-corrected chi connectivity index (χ0v) is 18.9. The summed E-state index contributed by atoms with van der Waals surface area (Å²) in [5.41, 5.74) is 3.06. The fourth-order valence-electron chi connectivity index (χ4n) is 4.07. The molecule has 0 spiro atoms. The number of carbonyl (C=O) groups excluding carboxylic acids is 1. The highest BCUT2D eigenvalue weighted by molar-refractivity contribution is 5.95. The van der Waals surface area contributed by atoms with Crippen molar-refractivity contribution in [2.45, 2.75) is 52.1 Å². The number of aromatic nitrogens is 5. The molecular weight excluding hydrogens is 406 g/mol. The van der Waals surface area contributed by atoms with E-state index in [1.165, 1.54) is 0 Å². The Morgan fingerprint density at radius 2 is 2.03 bits per heavy atom. The summed E-state index contributed by atoms with van der Waals surface area (Å²) >= 11 is 0. The average molecular weight is 436 g/mol. The second-order valence-corrected chi connectivity index (χ2v) is 9.13. The molecule has 3 aromatic rings. The second kappa shape index (κ2) is 8.05. The van der Waals surface area contributed by atoms with E-state index < -0.39 is 0 Å². The van der Waals surface area contributed by atoms with Gasteiger partial charge in [-0.05, 0) is 38.1 Å². The van der Waals surface area contributed by atoms with E-state index in [4.69, 9.17) is 9.84 Å². The molecule has 1 amide bonds. The lowest BCUT2D eigenvalue weighted by molar-refractivity contribution is 0.0714. The zero-order chi connectivity index (χ0) is 22.4. The summed E-state index contributed by atoms with van der Waals surface area (Å²) in [7, 11) is 0. The van der Waals surface area contributed by atoms with Crippen LogP contribution >= 0.6 is 0 Å². The van der Waals surface area contributed by atoms with Crippen molar-refractivity contribution >= 4 is 5.91 Å². The Bertz CT molecular complexity index is 1140. The van der Waals surface area contributed by atoms with Gasteiger partial charge in [0.2, 0.25) is 5.82 Å². The third kappa shape index (κ3) is 3.77. The van der Waals surface area contributed by atoms with E-state index in [0.29, 0.717) is 41.9 Å². The van der Waals surface area contributed by atoms with Gasteiger partial charge in [0.25, 0.3) is 5.91 Å². The topological polar surface area (TPSA) is 101 Å². The van der Waals surface area contributed by atoms with Crippen molar-refractivity contribution < 1.29 is 9.53 Å². The normalized spacial score (nSPS) is 16.3. The molecule has 2 aromatic heterocycles. The van der Waals surface area contributed by atoms with Gasteiger partial charge < -0.3 is 10.1 Å². The van der Waals surface area contributed by atoms with Crippen LogP contribution < -0.4 is 10.1 Å². The van der Waals surface area contributed by atoms with Crippen molar-refractivity contribution in [1.82, 2.24) is 35.2 Å². The fraction of sp³-hybridized carbons (Fsp3) is 0.478. The number of aromatic amines is 1. The SMILES string of the molecule is CC(C)c1nc(-c2cc3n(n2)-c2cc(C(=O)NC4CN(C(C)C)C4)ccc2OCC3)n[nH]1. The van der Waals surface area contributed by atoms with Crippen molar-refractivity contribution in [2.24, 2.45) is 0 Å². The Balaban J connectivity index is 1.41. The molecule has 32 heavy (non-hydrogen) atoms. The Labute approximate surface area is 187 Å². The van der Waals surface area contributed by atoms with Gasteiger partial charge in [-0.1, -0.05) is 13.8 Å². The van der Waals surface area contributed by atoms with Crippen LogP contribution in [0.1, 0.15) is 55.5 Å². The van der Waals surface area contributed by atoms with E-state index in [1.807, 2.05) is 28.9 Å². The van der Waals surface area contributed by atoms with Gasteiger partial charge in [-0.2, -0.15) is 10.2 Å². The van der Waals surface area contributed by atoms with Crippen LogP contribution in [0.3, 0.4) is 0 Å². The largest absolute Gasteiger partial charge is 0.491 e. The molecule has 0 unspecified atom stereocenters.